The molecule has 2 aromatic rings. The number of benzene rings is 1. The van der Waals surface area contributed by atoms with E-state index in [1.54, 1.807) is 6.07 Å². The molecule has 2 N–H and O–H groups in total. The average Bonchev–Trinajstić information content (AvgIpc) is 2.86. The summed E-state index contributed by atoms with van der Waals surface area (Å²) in [7, 11) is 1.94. The summed E-state index contributed by atoms with van der Waals surface area (Å²) in [4.78, 5) is 17.8. The highest BCUT2D eigenvalue weighted by molar-refractivity contribution is 5.82. The zero-order chi connectivity index (χ0) is 15.9. The second-order valence-corrected chi connectivity index (χ2v) is 6.25. The first-order chi connectivity index (χ1) is 10.5. The van der Waals surface area contributed by atoms with Crippen molar-refractivity contribution in [2.24, 2.45) is 0 Å². The standard InChI is InChI=1S/C17H22N2O3/c1-10-4-11(2)17-13(5-10)15(20)6-12(18-17)7-19(3)14-8-22-9-16(14)21/h4-6,14,16,21H,7-9H2,1-3H3,(H,18,20)/t14-,16-/m1/s1. The molecular weight excluding hydrogens is 280 g/mol. The molecule has 0 aliphatic carbocycles. The number of aliphatic hydroxyl groups is 1. The molecule has 3 rings (SSSR count). The Morgan fingerprint density at radius 3 is 2.77 bits per heavy atom. The van der Waals surface area contributed by atoms with Crippen molar-refractivity contribution in [3.8, 4) is 0 Å². The van der Waals surface area contributed by atoms with Crippen LogP contribution in [0.1, 0.15) is 16.8 Å². The maximum absolute atomic E-state index is 12.4. The van der Waals surface area contributed by atoms with Gasteiger partial charge >= 0.3 is 0 Å². The van der Waals surface area contributed by atoms with Crippen molar-refractivity contribution in [1.29, 1.82) is 0 Å². The molecule has 1 aromatic carbocycles. The van der Waals surface area contributed by atoms with E-state index in [2.05, 4.69) is 11.1 Å². The molecule has 2 heterocycles. The molecule has 22 heavy (non-hydrogen) atoms. The second-order valence-electron chi connectivity index (χ2n) is 6.25. The van der Waals surface area contributed by atoms with Crippen molar-refractivity contribution >= 4 is 10.9 Å². The van der Waals surface area contributed by atoms with Crippen LogP contribution in [0, 0.1) is 13.8 Å². The monoisotopic (exact) mass is 302 g/mol. The van der Waals surface area contributed by atoms with Crippen LogP contribution >= 0.6 is 0 Å². The molecule has 118 valence electrons. The van der Waals surface area contributed by atoms with Gasteiger partial charge in [0.25, 0.3) is 0 Å². The molecule has 2 atom stereocenters. The number of aromatic nitrogens is 1. The first-order valence-corrected chi connectivity index (χ1v) is 7.55. The zero-order valence-corrected chi connectivity index (χ0v) is 13.2. The number of hydrogen-bond acceptors (Lipinski definition) is 4. The molecular formula is C17H22N2O3. The largest absolute Gasteiger partial charge is 0.389 e. The first kappa shape index (κ1) is 15.2. The summed E-state index contributed by atoms with van der Waals surface area (Å²) in [5.74, 6) is 0. The number of ether oxygens (including phenoxy) is 1. The number of aromatic amines is 1. The fraction of sp³-hybridized carbons (Fsp3) is 0.471. The predicted molar refractivity (Wildman–Crippen MR) is 86.1 cm³/mol. The van der Waals surface area contributed by atoms with Gasteiger partial charge in [0.15, 0.2) is 5.43 Å². The predicted octanol–water partition coefficient (Wildman–Crippen LogP) is 1.34. The van der Waals surface area contributed by atoms with Crippen molar-refractivity contribution in [2.45, 2.75) is 32.5 Å². The molecule has 0 bridgehead atoms. The molecule has 5 heteroatoms. The van der Waals surface area contributed by atoms with Crippen LogP contribution in [0.2, 0.25) is 0 Å². The highest BCUT2D eigenvalue weighted by atomic mass is 16.5. The molecule has 0 amide bonds. The van der Waals surface area contributed by atoms with Crippen LogP contribution in [0.5, 0.6) is 0 Å². The van der Waals surface area contributed by atoms with Crippen molar-refractivity contribution in [2.75, 3.05) is 20.3 Å². The van der Waals surface area contributed by atoms with Gasteiger partial charge in [0.05, 0.1) is 30.9 Å². The summed E-state index contributed by atoms with van der Waals surface area (Å²) in [6, 6.07) is 5.61. The second kappa shape index (κ2) is 5.83. The minimum absolute atomic E-state index is 0.0293. The fourth-order valence-corrected chi connectivity index (χ4v) is 3.18. The van der Waals surface area contributed by atoms with E-state index in [4.69, 9.17) is 4.74 Å². The molecule has 1 saturated heterocycles. The Bertz CT molecular complexity index is 753. The minimum Gasteiger partial charge on any atom is -0.389 e. The Morgan fingerprint density at radius 2 is 2.09 bits per heavy atom. The van der Waals surface area contributed by atoms with Gasteiger partial charge in [-0.25, -0.2) is 0 Å². The van der Waals surface area contributed by atoms with Crippen molar-refractivity contribution in [1.82, 2.24) is 9.88 Å². The highest BCUT2D eigenvalue weighted by Crippen LogP contribution is 2.18. The number of hydrogen-bond donors (Lipinski definition) is 2. The summed E-state index contributed by atoms with van der Waals surface area (Å²) >= 11 is 0. The molecule has 0 saturated carbocycles. The van der Waals surface area contributed by atoms with Gasteiger partial charge in [-0.15, -0.1) is 0 Å². The smallest absolute Gasteiger partial charge is 0.189 e. The number of nitrogens with one attached hydrogen (secondary N) is 1. The van der Waals surface area contributed by atoms with Crippen molar-refractivity contribution in [3.05, 3.63) is 45.2 Å². The van der Waals surface area contributed by atoms with E-state index >= 15 is 0 Å². The van der Waals surface area contributed by atoms with E-state index in [9.17, 15) is 9.90 Å². The molecule has 1 fully saturated rings. The lowest BCUT2D eigenvalue weighted by Crippen LogP contribution is -2.40. The highest BCUT2D eigenvalue weighted by Gasteiger charge is 2.29. The van der Waals surface area contributed by atoms with E-state index in [-0.39, 0.29) is 11.5 Å². The van der Waals surface area contributed by atoms with Gasteiger partial charge < -0.3 is 14.8 Å². The third-order valence-electron chi connectivity index (χ3n) is 4.34. The van der Waals surface area contributed by atoms with Crippen LogP contribution in [0.4, 0.5) is 0 Å². The van der Waals surface area contributed by atoms with Gasteiger partial charge in [-0.05, 0) is 38.1 Å². The summed E-state index contributed by atoms with van der Waals surface area (Å²) in [5, 5.41) is 10.6. The third kappa shape index (κ3) is 2.79. The minimum atomic E-state index is -0.471. The normalized spacial score (nSPS) is 21.9. The van der Waals surface area contributed by atoms with Gasteiger partial charge in [-0.3, -0.25) is 9.69 Å². The lowest BCUT2D eigenvalue weighted by Gasteiger charge is -2.25. The molecule has 0 radical (unpaired) electrons. The van der Waals surface area contributed by atoms with E-state index < -0.39 is 6.10 Å². The molecule has 1 aromatic heterocycles. The molecule has 1 aliphatic rings. The fourth-order valence-electron chi connectivity index (χ4n) is 3.18. The maximum atomic E-state index is 12.4. The Kier molecular flexibility index (Phi) is 4.04. The molecule has 0 unspecified atom stereocenters. The molecule has 1 aliphatic heterocycles. The van der Waals surface area contributed by atoms with E-state index in [1.807, 2.05) is 31.9 Å². The van der Waals surface area contributed by atoms with Crippen molar-refractivity contribution in [3.63, 3.8) is 0 Å². The first-order valence-electron chi connectivity index (χ1n) is 7.55. The molecule has 5 nitrogen and oxygen atoms in total. The third-order valence-corrected chi connectivity index (χ3v) is 4.34. The SMILES string of the molecule is Cc1cc(C)c2[nH]c(CN(C)[C@@H]3COC[C@H]3O)cc(=O)c2c1. The number of aryl methyl sites for hydroxylation is 2. The summed E-state index contributed by atoms with van der Waals surface area (Å²) in [6.07, 6.45) is -0.471. The summed E-state index contributed by atoms with van der Waals surface area (Å²) < 4.78 is 5.29. The van der Waals surface area contributed by atoms with Gasteiger partial charge in [-0.2, -0.15) is 0 Å². The average molecular weight is 302 g/mol. The number of H-pyrrole nitrogens is 1. The number of fused-ring (bicyclic) bond motifs is 1. The maximum Gasteiger partial charge on any atom is 0.189 e. The van der Waals surface area contributed by atoms with Gasteiger partial charge in [0, 0.05) is 23.7 Å². The van der Waals surface area contributed by atoms with Crippen LogP contribution in [0.25, 0.3) is 10.9 Å². The van der Waals surface area contributed by atoms with Crippen LogP contribution in [0.15, 0.2) is 23.0 Å². The topological polar surface area (TPSA) is 65.6 Å². The van der Waals surface area contributed by atoms with Gasteiger partial charge in [0.2, 0.25) is 0 Å². The lowest BCUT2D eigenvalue weighted by atomic mass is 10.1. The van der Waals surface area contributed by atoms with Crippen LogP contribution in [0.3, 0.4) is 0 Å². The van der Waals surface area contributed by atoms with Gasteiger partial charge in [0.1, 0.15) is 0 Å². The van der Waals surface area contributed by atoms with Crippen LogP contribution < -0.4 is 5.43 Å². The lowest BCUT2D eigenvalue weighted by molar-refractivity contribution is 0.0920. The zero-order valence-electron chi connectivity index (χ0n) is 13.2. The number of rotatable bonds is 3. The van der Waals surface area contributed by atoms with E-state index in [1.165, 1.54) is 0 Å². The number of likely N-dealkylation sites (N-methyl/N-ethyl adjacent to an activating group) is 1. The van der Waals surface area contributed by atoms with E-state index in [0.717, 1.165) is 27.7 Å². The van der Waals surface area contributed by atoms with Crippen LogP contribution in [-0.4, -0.2) is 47.4 Å². The van der Waals surface area contributed by atoms with Gasteiger partial charge in [-0.1, -0.05) is 6.07 Å². The quantitative estimate of drug-likeness (QED) is 0.898. The summed E-state index contributed by atoms with van der Waals surface area (Å²) in [6.45, 7) is 5.47. The number of aliphatic hydroxyl groups excluding tert-OH is 1. The summed E-state index contributed by atoms with van der Waals surface area (Å²) in [5.41, 5.74) is 3.94. The van der Waals surface area contributed by atoms with E-state index in [0.29, 0.717) is 19.8 Å². The van der Waals surface area contributed by atoms with Crippen LogP contribution in [-0.2, 0) is 11.3 Å². The number of nitrogens with zero attached hydrogens (tertiary/aromatic N) is 1. The Morgan fingerprint density at radius 1 is 1.32 bits per heavy atom. The van der Waals surface area contributed by atoms with Crippen molar-refractivity contribution < 1.29 is 9.84 Å². The number of pyridine rings is 1. The molecule has 0 spiro atoms. The Labute approximate surface area is 129 Å². The Hall–Kier alpha value is -1.69. The Balaban J connectivity index is 1.93.